The standard InChI is InChI=1S/C16H19BO2.C10H9BO2.C10H7Br.C4H11BO2/c1-15(2)16(3,4)19-17(18-15)14-10-9-12-7-5-6-8-13(12)11-14;12-11(13)10-6-5-8-3-1-2-4-9(8)7-10;11-10-6-5-8-3-1-2-4-9(8)7-10;1-2-3-4-5(6)7/h5-11H,1-4H3;1-7,12-13H;1-7H;6-7H,2-4H2,1H3. The molecule has 258 valence electrons. The molecule has 1 heterocycles. The predicted molar refractivity (Wildman–Crippen MR) is 215 cm³/mol. The average Bonchev–Trinajstić information content (AvgIpc) is 3.33. The molecule has 6 aromatic rings. The molecule has 0 aromatic heterocycles. The maximum atomic E-state index is 8.94. The summed E-state index contributed by atoms with van der Waals surface area (Å²) in [6.07, 6.45) is 2.44. The van der Waals surface area contributed by atoms with E-state index in [1.807, 2.05) is 37.3 Å². The first-order chi connectivity index (χ1) is 23.8. The van der Waals surface area contributed by atoms with Gasteiger partial charge in [-0.3, -0.25) is 0 Å². The predicted octanol–water partition coefficient (Wildman–Crippen LogP) is 7.52. The summed E-state index contributed by atoms with van der Waals surface area (Å²) in [4.78, 5) is 0. The lowest BCUT2D eigenvalue weighted by Crippen LogP contribution is -2.41. The zero-order valence-electron chi connectivity index (χ0n) is 29.5. The summed E-state index contributed by atoms with van der Waals surface area (Å²) in [6.45, 7) is 10.3. The molecule has 0 unspecified atom stereocenters. The van der Waals surface area contributed by atoms with Crippen LogP contribution in [0.1, 0.15) is 47.5 Å². The van der Waals surface area contributed by atoms with Gasteiger partial charge in [0.05, 0.1) is 11.2 Å². The number of halogens is 1. The van der Waals surface area contributed by atoms with Crippen LogP contribution in [0.25, 0.3) is 32.3 Å². The fraction of sp³-hybridized carbons (Fsp3) is 0.250. The number of rotatable bonds is 5. The molecule has 0 bridgehead atoms. The van der Waals surface area contributed by atoms with Crippen molar-refractivity contribution < 1.29 is 29.4 Å². The summed E-state index contributed by atoms with van der Waals surface area (Å²) in [7, 11) is -2.76. The van der Waals surface area contributed by atoms with Crippen molar-refractivity contribution in [2.24, 2.45) is 0 Å². The van der Waals surface area contributed by atoms with E-state index in [0.717, 1.165) is 33.5 Å². The highest BCUT2D eigenvalue weighted by Crippen LogP contribution is 2.36. The molecule has 1 aliphatic rings. The van der Waals surface area contributed by atoms with E-state index in [9.17, 15) is 0 Å². The smallest absolute Gasteiger partial charge is 0.427 e. The Morgan fingerprint density at radius 1 is 0.580 bits per heavy atom. The molecule has 0 aliphatic carbocycles. The van der Waals surface area contributed by atoms with Crippen LogP contribution in [0.5, 0.6) is 0 Å². The first-order valence-corrected chi connectivity index (χ1v) is 17.8. The third-order valence-corrected chi connectivity index (χ3v) is 9.39. The first kappa shape index (κ1) is 39.3. The number of fused-ring (bicyclic) bond motifs is 3. The van der Waals surface area contributed by atoms with E-state index in [-0.39, 0.29) is 18.3 Å². The molecule has 1 aliphatic heterocycles. The second-order valence-corrected chi connectivity index (χ2v) is 14.2. The Bertz CT molecular complexity index is 1950. The van der Waals surface area contributed by atoms with Crippen LogP contribution in [-0.2, 0) is 9.31 Å². The number of unbranched alkanes of at least 4 members (excludes halogenated alkanes) is 1. The van der Waals surface area contributed by atoms with Crippen molar-refractivity contribution in [3.8, 4) is 0 Å². The zero-order chi connectivity index (χ0) is 36.3. The molecule has 0 saturated carbocycles. The van der Waals surface area contributed by atoms with Gasteiger partial charge >= 0.3 is 21.4 Å². The molecule has 1 saturated heterocycles. The number of hydrogen-bond donors (Lipinski definition) is 4. The van der Waals surface area contributed by atoms with E-state index in [2.05, 4.69) is 129 Å². The fourth-order valence-electron chi connectivity index (χ4n) is 5.25. The van der Waals surface area contributed by atoms with E-state index in [4.69, 9.17) is 29.4 Å². The topological polar surface area (TPSA) is 99.4 Å². The molecule has 50 heavy (non-hydrogen) atoms. The van der Waals surface area contributed by atoms with E-state index in [1.165, 1.54) is 21.5 Å². The molecule has 7 rings (SSSR count). The number of hydrogen-bond acceptors (Lipinski definition) is 6. The SMILES string of the molecule is Brc1ccc2ccccc2c1.CC1(C)OB(c2ccc3ccccc3c2)OC1(C)C.CCCCB(O)O.OB(O)c1ccc2ccccc2c1. The molecular formula is C40H46B3BrO6. The van der Waals surface area contributed by atoms with Crippen LogP contribution >= 0.6 is 15.9 Å². The number of benzene rings is 6. The molecule has 0 atom stereocenters. The molecule has 4 N–H and O–H groups in total. The van der Waals surface area contributed by atoms with Gasteiger partial charge in [0.1, 0.15) is 0 Å². The largest absolute Gasteiger partial charge is 0.494 e. The Labute approximate surface area is 305 Å². The summed E-state index contributed by atoms with van der Waals surface area (Å²) in [6, 6.07) is 42.5. The quantitative estimate of drug-likeness (QED) is 0.137. The van der Waals surface area contributed by atoms with Gasteiger partial charge in [-0.05, 0) is 89.4 Å². The lowest BCUT2D eigenvalue weighted by molar-refractivity contribution is 0.00578. The normalized spacial score (nSPS) is 14.2. The average molecular weight is 735 g/mol. The molecular weight excluding hydrogens is 689 g/mol. The minimum Gasteiger partial charge on any atom is -0.427 e. The second kappa shape index (κ2) is 18.2. The van der Waals surface area contributed by atoms with Crippen LogP contribution in [0.4, 0.5) is 0 Å². The van der Waals surface area contributed by atoms with Crippen LogP contribution in [-0.4, -0.2) is 52.7 Å². The highest BCUT2D eigenvalue weighted by atomic mass is 79.9. The first-order valence-electron chi connectivity index (χ1n) is 17.0. The van der Waals surface area contributed by atoms with Crippen LogP contribution in [0.15, 0.2) is 132 Å². The highest BCUT2D eigenvalue weighted by Gasteiger charge is 2.51. The Balaban J connectivity index is 0.000000159. The van der Waals surface area contributed by atoms with E-state index >= 15 is 0 Å². The Morgan fingerprint density at radius 2 is 1.02 bits per heavy atom. The van der Waals surface area contributed by atoms with Crippen LogP contribution in [0, 0.1) is 0 Å². The van der Waals surface area contributed by atoms with Gasteiger partial charge in [-0.2, -0.15) is 0 Å². The van der Waals surface area contributed by atoms with E-state index in [0.29, 0.717) is 11.8 Å². The maximum absolute atomic E-state index is 8.94. The van der Waals surface area contributed by atoms with Gasteiger partial charge in [0.25, 0.3) is 0 Å². The fourth-order valence-corrected chi connectivity index (χ4v) is 5.63. The van der Waals surface area contributed by atoms with Crippen molar-refractivity contribution in [2.75, 3.05) is 0 Å². The Hall–Kier alpha value is -3.47. The molecule has 0 amide bonds. The summed E-state index contributed by atoms with van der Waals surface area (Å²) in [5.41, 5.74) is 1.03. The molecule has 6 nitrogen and oxygen atoms in total. The van der Waals surface area contributed by atoms with Gasteiger partial charge in [0, 0.05) is 4.47 Å². The maximum Gasteiger partial charge on any atom is 0.494 e. The lowest BCUT2D eigenvalue weighted by atomic mass is 9.78. The van der Waals surface area contributed by atoms with Gasteiger partial charge in [-0.15, -0.1) is 0 Å². The Kier molecular flexibility index (Phi) is 14.3. The minimum atomic E-state index is -1.38. The van der Waals surface area contributed by atoms with Gasteiger partial charge in [0.15, 0.2) is 0 Å². The van der Waals surface area contributed by atoms with Crippen LogP contribution in [0.3, 0.4) is 0 Å². The molecule has 0 radical (unpaired) electrons. The van der Waals surface area contributed by atoms with Crippen molar-refractivity contribution in [3.05, 3.63) is 132 Å². The Morgan fingerprint density at radius 3 is 1.48 bits per heavy atom. The van der Waals surface area contributed by atoms with Crippen molar-refractivity contribution in [2.45, 2.75) is 65.0 Å². The monoisotopic (exact) mass is 734 g/mol. The summed E-state index contributed by atoms with van der Waals surface area (Å²) < 4.78 is 13.3. The van der Waals surface area contributed by atoms with Crippen molar-refractivity contribution in [1.82, 2.24) is 0 Å². The van der Waals surface area contributed by atoms with Gasteiger partial charge < -0.3 is 29.4 Å². The summed E-state index contributed by atoms with van der Waals surface area (Å²) >= 11 is 3.43. The third kappa shape index (κ3) is 11.0. The van der Waals surface area contributed by atoms with Crippen LogP contribution < -0.4 is 10.9 Å². The summed E-state index contributed by atoms with van der Waals surface area (Å²) in [5, 5.41) is 41.5. The molecule has 0 spiro atoms. The van der Waals surface area contributed by atoms with Crippen molar-refractivity contribution >= 4 is 80.5 Å². The zero-order valence-corrected chi connectivity index (χ0v) is 31.0. The van der Waals surface area contributed by atoms with Crippen molar-refractivity contribution in [3.63, 3.8) is 0 Å². The summed E-state index contributed by atoms with van der Waals surface area (Å²) in [5.74, 6) is 0. The van der Waals surface area contributed by atoms with Gasteiger partial charge in [0.2, 0.25) is 0 Å². The van der Waals surface area contributed by atoms with Crippen LogP contribution in [0.2, 0.25) is 6.32 Å². The van der Waals surface area contributed by atoms with Gasteiger partial charge in [-0.1, -0.05) is 151 Å². The van der Waals surface area contributed by atoms with Crippen molar-refractivity contribution in [1.29, 1.82) is 0 Å². The highest BCUT2D eigenvalue weighted by molar-refractivity contribution is 9.10. The van der Waals surface area contributed by atoms with E-state index < -0.39 is 14.2 Å². The molecule has 6 aromatic carbocycles. The van der Waals surface area contributed by atoms with E-state index in [1.54, 1.807) is 12.1 Å². The van der Waals surface area contributed by atoms with Gasteiger partial charge in [-0.25, -0.2) is 0 Å². The third-order valence-electron chi connectivity index (χ3n) is 8.90. The lowest BCUT2D eigenvalue weighted by Gasteiger charge is -2.32. The molecule has 10 heteroatoms. The second-order valence-electron chi connectivity index (χ2n) is 13.3. The molecule has 1 fully saturated rings. The minimum absolute atomic E-state index is 0.283.